The normalized spacial score (nSPS) is 13.7. The van der Waals surface area contributed by atoms with Gasteiger partial charge < -0.3 is 15.5 Å². The Kier molecular flexibility index (Phi) is 7.40. The van der Waals surface area contributed by atoms with Crippen LogP contribution in [0, 0.1) is 0 Å². The second kappa shape index (κ2) is 9.75. The van der Waals surface area contributed by atoms with Crippen LogP contribution in [0.25, 0.3) is 5.69 Å². The highest BCUT2D eigenvalue weighted by atomic mass is 16.2. The minimum atomic E-state index is -0.0337. The number of benzene rings is 1. The summed E-state index contributed by atoms with van der Waals surface area (Å²) in [6.45, 7) is 6.38. The van der Waals surface area contributed by atoms with Crippen LogP contribution in [-0.2, 0) is 4.79 Å². The predicted molar refractivity (Wildman–Crippen MR) is 109 cm³/mol. The van der Waals surface area contributed by atoms with Crippen molar-refractivity contribution in [2.45, 2.75) is 39.3 Å². The Bertz CT molecular complexity index is 754. The van der Waals surface area contributed by atoms with Crippen LogP contribution >= 0.6 is 0 Å². The number of carbonyl (C=O) groups excluding carboxylic acids is 1. The maximum atomic E-state index is 11.9. The lowest BCUT2D eigenvalue weighted by Gasteiger charge is -2.22. The molecule has 0 aliphatic heterocycles. The van der Waals surface area contributed by atoms with Crippen molar-refractivity contribution >= 4 is 11.9 Å². The first-order valence-corrected chi connectivity index (χ1v) is 9.28. The summed E-state index contributed by atoms with van der Waals surface area (Å²) in [4.78, 5) is 17.9. The number of nitrogens with one attached hydrogen (secondary N) is 2. The Morgan fingerprint density at radius 2 is 2.04 bits per heavy atom. The number of guanidine groups is 1. The molecule has 0 aliphatic carbocycles. The van der Waals surface area contributed by atoms with Gasteiger partial charge in [-0.25, -0.2) is 9.67 Å². The average molecular weight is 371 g/mol. The zero-order chi connectivity index (χ0) is 19.8. The van der Waals surface area contributed by atoms with Gasteiger partial charge in [0, 0.05) is 32.5 Å². The summed E-state index contributed by atoms with van der Waals surface area (Å²) in [6, 6.07) is 10.4. The molecule has 1 amide bonds. The summed E-state index contributed by atoms with van der Waals surface area (Å²) < 4.78 is 1.83. The first-order valence-electron chi connectivity index (χ1n) is 9.28. The molecule has 146 valence electrons. The molecular formula is C20H30N6O. The van der Waals surface area contributed by atoms with E-state index in [-0.39, 0.29) is 24.5 Å². The van der Waals surface area contributed by atoms with Crippen molar-refractivity contribution in [1.82, 2.24) is 25.3 Å². The van der Waals surface area contributed by atoms with Gasteiger partial charge in [0.25, 0.3) is 0 Å². The first kappa shape index (κ1) is 20.5. The first-order chi connectivity index (χ1) is 12.9. The fraction of sp³-hybridized carbons (Fsp3) is 0.450. The number of hydrogen-bond donors (Lipinski definition) is 2. The number of carbonyl (C=O) groups is 1. The van der Waals surface area contributed by atoms with Gasteiger partial charge in [-0.3, -0.25) is 4.79 Å². The number of likely N-dealkylation sites (N-methyl/N-ethyl adjacent to an activating group) is 1. The van der Waals surface area contributed by atoms with E-state index in [1.54, 1.807) is 25.2 Å². The minimum Gasteiger partial charge on any atom is -0.354 e. The average Bonchev–Trinajstić information content (AvgIpc) is 3.20. The fourth-order valence-corrected chi connectivity index (χ4v) is 2.40. The summed E-state index contributed by atoms with van der Waals surface area (Å²) >= 11 is 0. The van der Waals surface area contributed by atoms with Crippen molar-refractivity contribution in [3.05, 3.63) is 48.3 Å². The van der Waals surface area contributed by atoms with Crippen molar-refractivity contribution in [2.24, 2.45) is 4.99 Å². The fourth-order valence-electron chi connectivity index (χ4n) is 2.40. The standard InChI is InChI=1S/C20H30N6O/c1-6-15(2)23-20(21-14-19(27)25(4)5)24-16(3)17-9-7-10-18(13-17)26-12-8-11-22-26/h7-13,15-16H,6,14H2,1-5H3,(H2,21,23,24). The molecule has 0 bridgehead atoms. The lowest BCUT2D eigenvalue weighted by atomic mass is 10.1. The molecule has 0 radical (unpaired) electrons. The van der Waals surface area contributed by atoms with Crippen LogP contribution in [0.1, 0.15) is 38.8 Å². The monoisotopic (exact) mass is 370 g/mol. The van der Waals surface area contributed by atoms with E-state index >= 15 is 0 Å². The number of aliphatic imine (C=N–C) groups is 1. The third-order valence-corrected chi connectivity index (χ3v) is 4.36. The van der Waals surface area contributed by atoms with E-state index < -0.39 is 0 Å². The van der Waals surface area contributed by atoms with Crippen LogP contribution in [-0.4, -0.2) is 53.2 Å². The molecule has 1 aromatic carbocycles. The van der Waals surface area contributed by atoms with Gasteiger partial charge in [-0.1, -0.05) is 19.1 Å². The molecule has 2 unspecified atom stereocenters. The van der Waals surface area contributed by atoms with Crippen LogP contribution in [0.3, 0.4) is 0 Å². The van der Waals surface area contributed by atoms with E-state index in [0.29, 0.717) is 5.96 Å². The Morgan fingerprint density at radius 1 is 1.26 bits per heavy atom. The molecule has 0 spiro atoms. The maximum Gasteiger partial charge on any atom is 0.243 e. The van der Waals surface area contributed by atoms with Crippen LogP contribution in [0.5, 0.6) is 0 Å². The predicted octanol–water partition coefficient (Wildman–Crippen LogP) is 2.36. The maximum absolute atomic E-state index is 11.9. The molecular weight excluding hydrogens is 340 g/mol. The quantitative estimate of drug-likeness (QED) is 0.580. The van der Waals surface area contributed by atoms with E-state index in [1.165, 1.54) is 0 Å². The summed E-state index contributed by atoms with van der Waals surface area (Å²) in [5.41, 5.74) is 2.11. The van der Waals surface area contributed by atoms with Gasteiger partial charge in [0.15, 0.2) is 5.96 Å². The van der Waals surface area contributed by atoms with Gasteiger partial charge in [0.1, 0.15) is 6.54 Å². The SMILES string of the molecule is CCC(C)NC(=NCC(=O)N(C)C)NC(C)c1cccc(-n2cccn2)c1. The van der Waals surface area contributed by atoms with Crippen LogP contribution in [0.4, 0.5) is 0 Å². The van der Waals surface area contributed by atoms with Crippen LogP contribution < -0.4 is 10.6 Å². The summed E-state index contributed by atoms with van der Waals surface area (Å²) in [6.07, 6.45) is 4.64. The molecule has 0 saturated heterocycles. The molecule has 1 aromatic heterocycles. The molecule has 1 heterocycles. The summed E-state index contributed by atoms with van der Waals surface area (Å²) in [5.74, 6) is 0.602. The van der Waals surface area contributed by atoms with Gasteiger partial charge in [0.05, 0.1) is 11.7 Å². The zero-order valence-electron chi connectivity index (χ0n) is 16.8. The Hall–Kier alpha value is -2.83. The molecule has 7 nitrogen and oxygen atoms in total. The van der Waals surface area contributed by atoms with E-state index in [2.05, 4.69) is 53.6 Å². The van der Waals surface area contributed by atoms with Gasteiger partial charge >= 0.3 is 0 Å². The van der Waals surface area contributed by atoms with Gasteiger partial charge in [-0.2, -0.15) is 5.10 Å². The second-order valence-electron chi connectivity index (χ2n) is 6.82. The van der Waals surface area contributed by atoms with Crippen molar-refractivity contribution in [2.75, 3.05) is 20.6 Å². The number of hydrogen-bond acceptors (Lipinski definition) is 3. The van der Waals surface area contributed by atoms with Crippen molar-refractivity contribution in [1.29, 1.82) is 0 Å². The topological polar surface area (TPSA) is 74.6 Å². The molecule has 2 aromatic rings. The largest absolute Gasteiger partial charge is 0.354 e. The molecule has 7 heteroatoms. The van der Waals surface area contributed by atoms with Crippen LogP contribution in [0.2, 0.25) is 0 Å². The Labute approximate surface area is 161 Å². The number of aromatic nitrogens is 2. The Morgan fingerprint density at radius 3 is 2.67 bits per heavy atom. The van der Waals surface area contributed by atoms with E-state index in [9.17, 15) is 4.79 Å². The number of rotatable bonds is 7. The number of nitrogens with zero attached hydrogens (tertiary/aromatic N) is 4. The third-order valence-electron chi connectivity index (χ3n) is 4.36. The van der Waals surface area contributed by atoms with Gasteiger partial charge in [0.2, 0.25) is 5.91 Å². The molecule has 2 N–H and O–H groups in total. The van der Waals surface area contributed by atoms with Crippen molar-refractivity contribution in [3.63, 3.8) is 0 Å². The van der Waals surface area contributed by atoms with Gasteiger partial charge in [-0.15, -0.1) is 0 Å². The van der Waals surface area contributed by atoms with Crippen molar-refractivity contribution in [3.8, 4) is 5.69 Å². The summed E-state index contributed by atoms with van der Waals surface area (Å²) in [5, 5.41) is 11.0. The molecule has 2 rings (SSSR count). The second-order valence-corrected chi connectivity index (χ2v) is 6.82. The molecule has 2 atom stereocenters. The van der Waals surface area contributed by atoms with Crippen LogP contribution in [0.15, 0.2) is 47.7 Å². The Balaban J connectivity index is 2.14. The molecule has 0 saturated carbocycles. The number of amides is 1. The lowest BCUT2D eigenvalue weighted by molar-refractivity contribution is -0.127. The van der Waals surface area contributed by atoms with E-state index in [0.717, 1.165) is 17.7 Å². The third kappa shape index (κ3) is 6.13. The molecule has 27 heavy (non-hydrogen) atoms. The molecule has 0 aliphatic rings. The molecule has 0 fully saturated rings. The minimum absolute atomic E-state index is 0.0188. The zero-order valence-corrected chi connectivity index (χ0v) is 16.8. The van der Waals surface area contributed by atoms with Crippen molar-refractivity contribution < 1.29 is 4.79 Å². The summed E-state index contributed by atoms with van der Waals surface area (Å²) in [7, 11) is 3.47. The van der Waals surface area contributed by atoms with E-state index in [4.69, 9.17) is 0 Å². The highest BCUT2D eigenvalue weighted by Crippen LogP contribution is 2.16. The van der Waals surface area contributed by atoms with E-state index in [1.807, 2.05) is 29.1 Å². The highest BCUT2D eigenvalue weighted by molar-refractivity contribution is 5.85. The highest BCUT2D eigenvalue weighted by Gasteiger charge is 2.12. The smallest absolute Gasteiger partial charge is 0.243 e. The van der Waals surface area contributed by atoms with Gasteiger partial charge in [-0.05, 0) is 44.0 Å². The lowest BCUT2D eigenvalue weighted by Crippen LogP contribution is -2.43.